The van der Waals surface area contributed by atoms with Gasteiger partial charge in [0.2, 0.25) is 5.91 Å². The molecule has 0 saturated heterocycles. The summed E-state index contributed by atoms with van der Waals surface area (Å²) in [5, 5.41) is 5.73. The lowest BCUT2D eigenvalue weighted by Gasteiger charge is -2.18. The molecule has 0 aliphatic heterocycles. The van der Waals surface area contributed by atoms with E-state index in [0.29, 0.717) is 13.0 Å². The van der Waals surface area contributed by atoms with E-state index < -0.39 is 11.9 Å². The van der Waals surface area contributed by atoms with Gasteiger partial charge in [-0.05, 0) is 30.2 Å². The molecule has 0 saturated carbocycles. The fourth-order valence-corrected chi connectivity index (χ4v) is 3.76. The number of hydrogen-bond acceptors (Lipinski definition) is 4. The molecule has 5 nitrogen and oxygen atoms in total. The highest BCUT2D eigenvalue weighted by Crippen LogP contribution is 2.12. The minimum Gasteiger partial charge on any atom is -0.459 e. The molecule has 0 unspecified atom stereocenters. The first-order valence-electron chi connectivity index (χ1n) is 9.91. The van der Waals surface area contributed by atoms with Crippen molar-refractivity contribution in [2.24, 2.45) is 0 Å². The van der Waals surface area contributed by atoms with Gasteiger partial charge >= 0.3 is 0 Å². The average molecular weight is 423 g/mol. The van der Waals surface area contributed by atoms with Gasteiger partial charge in [0.05, 0.1) is 6.26 Å². The zero-order chi connectivity index (χ0) is 21.2. The molecule has 3 aromatic rings. The van der Waals surface area contributed by atoms with Crippen LogP contribution in [0.4, 0.5) is 0 Å². The molecule has 0 spiro atoms. The first kappa shape index (κ1) is 21.7. The Hall–Kier alpha value is -2.99. The largest absolute Gasteiger partial charge is 0.459 e. The van der Waals surface area contributed by atoms with Crippen molar-refractivity contribution in [1.82, 2.24) is 10.6 Å². The van der Waals surface area contributed by atoms with Gasteiger partial charge in [-0.1, -0.05) is 60.2 Å². The molecule has 0 bridgehead atoms. The van der Waals surface area contributed by atoms with E-state index in [1.807, 2.05) is 30.3 Å². The first-order valence-corrected chi connectivity index (χ1v) is 11.1. The summed E-state index contributed by atoms with van der Waals surface area (Å²) in [4.78, 5) is 25.1. The lowest BCUT2D eigenvalue weighted by molar-refractivity contribution is -0.122. The Balaban J connectivity index is 1.50. The number of rotatable bonds is 10. The van der Waals surface area contributed by atoms with E-state index in [-0.39, 0.29) is 11.7 Å². The maximum Gasteiger partial charge on any atom is 0.287 e. The Morgan fingerprint density at radius 3 is 2.43 bits per heavy atom. The lowest BCUT2D eigenvalue weighted by Crippen LogP contribution is -2.48. The third-order valence-electron chi connectivity index (χ3n) is 4.58. The van der Waals surface area contributed by atoms with Gasteiger partial charge < -0.3 is 15.1 Å². The number of benzene rings is 2. The number of furan rings is 1. The second-order valence-corrected chi connectivity index (χ2v) is 8.13. The third kappa shape index (κ3) is 6.81. The molecule has 30 heavy (non-hydrogen) atoms. The molecule has 2 N–H and O–H groups in total. The molecular formula is C24H26N2O3S. The molecule has 0 aliphatic rings. The summed E-state index contributed by atoms with van der Waals surface area (Å²) in [6.45, 7) is 2.61. The normalized spacial score (nSPS) is 11.6. The molecule has 3 rings (SSSR count). The smallest absolute Gasteiger partial charge is 0.287 e. The zero-order valence-electron chi connectivity index (χ0n) is 17.0. The second kappa shape index (κ2) is 11.3. The van der Waals surface area contributed by atoms with Gasteiger partial charge in [-0.15, -0.1) is 0 Å². The van der Waals surface area contributed by atoms with Crippen LogP contribution in [-0.4, -0.2) is 30.2 Å². The number of carbonyl (C=O) groups excluding carboxylic acids is 2. The van der Waals surface area contributed by atoms with Gasteiger partial charge in [0.25, 0.3) is 5.91 Å². The van der Waals surface area contributed by atoms with Gasteiger partial charge in [-0.25, -0.2) is 0 Å². The highest BCUT2D eigenvalue weighted by molar-refractivity contribution is 7.98. The quantitative estimate of drug-likeness (QED) is 0.485. The Morgan fingerprint density at radius 1 is 0.967 bits per heavy atom. The molecule has 0 aliphatic carbocycles. The van der Waals surface area contributed by atoms with Crippen molar-refractivity contribution in [1.29, 1.82) is 0 Å². The number of aryl methyl sites for hydroxylation is 1. The van der Waals surface area contributed by atoms with Crippen molar-refractivity contribution in [3.05, 3.63) is 95.4 Å². The Morgan fingerprint density at radius 2 is 1.73 bits per heavy atom. The Labute approximate surface area is 181 Å². The maximum atomic E-state index is 12.8. The number of thioether (sulfide) groups is 1. The zero-order valence-corrected chi connectivity index (χ0v) is 17.8. The highest BCUT2D eigenvalue weighted by atomic mass is 32.2. The van der Waals surface area contributed by atoms with Gasteiger partial charge in [0.15, 0.2) is 5.76 Å². The standard InChI is InChI=1S/C24H26N2O3S/c1-18-9-11-20(12-10-18)17-30-15-13-25-23(27)21(16-19-6-3-2-4-7-19)26-24(28)22-8-5-14-29-22/h2-12,14,21H,13,15-17H2,1H3,(H,25,27)(H,26,28)/t21-/m0/s1. The van der Waals surface area contributed by atoms with E-state index in [1.54, 1.807) is 23.9 Å². The topological polar surface area (TPSA) is 71.3 Å². The third-order valence-corrected chi connectivity index (χ3v) is 5.61. The van der Waals surface area contributed by atoms with Gasteiger partial charge in [0, 0.05) is 24.5 Å². The molecule has 2 amide bonds. The van der Waals surface area contributed by atoms with Gasteiger partial charge in [-0.2, -0.15) is 11.8 Å². The van der Waals surface area contributed by atoms with Crippen LogP contribution < -0.4 is 10.6 Å². The first-order chi connectivity index (χ1) is 14.6. The summed E-state index contributed by atoms with van der Waals surface area (Å²) in [5.74, 6) is 1.29. The van der Waals surface area contributed by atoms with E-state index in [0.717, 1.165) is 17.1 Å². The van der Waals surface area contributed by atoms with Crippen molar-refractivity contribution in [2.75, 3.05) is 12.3 Å². The van der Waals surface area contributed by atoms with Crippen molar-refractivity contribution < 1.29 is 14.0 Å². The van der Waals surface area contributed by atoms with Crippen LogP contribution >= 0.6 is 11.8 Å². The molecule has 6 heteroatoms. The Bertz CT molecular complexity index is 925. The predicted octanol–water partition coefficient (Wildman–Crippen LogP) is 3.98. The minimum atomic E-state index is -0.674. The number of carbonyl (C=O) groups is 2. The van der Waals surface area contributed by atoms with Crippen LogP contribution in [0.15, 0.2) is 77.4 Å². The number of amides is 2. The summed E-state index contributed by atoms with van der Waals surface area (Å²) < 4.78 is 5.14. The fraction of sp³-hybridized carbons (Fsp3) is 0.250. The van der Waals surface area contributed by atoms with Crippen LogP contribution in [-0.2, 0) is 17.0 Å². The summed E-state index contributed by atoms with van der Waals surface area (Å²) in [6.07, 6.45) is 1.85. The Kier molecular flexibility index (Phi) is 8.15. The number of nitrogens with one attached hydrogen (secondary N) is 2. The highest BCUT2D eigenvalue weighted by Gasteiger charge is 2.22. The summed E-state index contributed by atoms with van der Waals surface area (Å²) in [7, 11) is 0. The minimum absolute atomic E-state index is 0.189. The molecule has 1 atom stereocenters. The summed E-state index contributed by atoms with van der Waals surface area (Å²) in [5.41, 5.74) is 3.49. The van der Waals surface area contributed by atoms with Crippen molar-refractivity contribution >= 4 is 23.6 Å². The lowest BCUT2D eigenvalue weighted by atomic mass is 10.1. The van der Waals surface area contributed by atoms with E-state index in [1.165, 1.54) is 17.4 Å². The molecule has 1 heterocycles. The van der Waals surface area contributed by atoms with Crippen molar-refractivity contribution in [3.8, 4) is 0 Å². The van der Waals surface area contributed by atoms with Crippen LogP contribution in [0.5, 0.6) is 0 Å². The summed E-state index contributed by atoms with van der Waals surface area (Å²) >= 11 is 1.76. The van der Waals surface area contributed by atoms with Gasteiger partial charge in [-0.3, -0.25) is 9.59 Å². The van der Waals surface area contributed by atoms with Crippen molar-refractivity contribution in [3.63, 3.8) is 0 Å². The van der Waals surface area contributed by atoms with Gasteiger partial charge in [0.1, 0.15) is 6.04 Å². The fourth-order valence-electron chi connectivity index (χ4n) is 2.94. The second-order valence-electron chi connectivity index (χ2n) is 7.02. The van der Waals surface area contributed by atoms with E-state index >= 15 is 0 Å². The van der Waals surface area contributed by atoms with E-state index in [2.05, 4.69) is 41.8 Å². The van der Waals surface area contributed by atoms with Crippen LogP contribution in [0, 0.1) is 6.92 Å². The molecular weight excluding hydrogens is 396 g/mol. The van der Waals surface area contributed by atoms with E-state index in [4.69, 9.17) is 4.42 Å². The van der Waals surface area contributed by atoms with Crippen molar-refractivity contribution in [2.45, 2.75) is 25.1 Å². The van der Waals surface area contributed by atoms with Crippen LogP contribution in [0.2, 0.25) is 0 Å². The summed E-state index contributed by atoms with van der Waals surface area (Å²) in [6, 6.07) is 20.6. The number of hydrogen-bond donors (Lipinski definition) is 2. The molecule has 1 aromatic heterocycles. The van der Waals surface area contributed by atoms with Crippen LogP contribution in [0.1, 0.15) is 27.2 Å². The molecule has 2 aromatic carbocycles. The van der Waals surface area contributed by atoms with E-state index in [9.17, 15) is 9.59 Å². The molecule has 0 fully saturated rings. The molecule has 156 valence electrons. The van der Waals surface area contributed by atoms with Crippen LogP contribution in [0.3, 0.4) is 0 Å². The van der Waals surface area contributed by atoms with Crippen LogP contribution in [0.25, 0.3) is 0 Å². The monoisotopic (exact) mass is 422 g/mol. The SMILES string of the molecule is Cc1ccc(CSCCNC(=O)[C@H](Cc2ccccc2)NC(=O)c2ccco2)cc1. The average Bonchev–Trinajstić information content (AvgIpc) is 3.30. The molecule has 0 radical (unpaired) electrons. The predicted molar refractivity (Wildman–Crippen MR) is 120 cm³/mol. The maximum absolute atomic E-state index is 12.8.